The van der Waals surface area contributed by atoms with Crippen LogP contribution < -0.4 is 5.32 Å². The van der Waals surface area contributed by atoms with Crippen LogP contribution in [0.1, 0.15) is 13.8 Å². The molecule has 0 bridgehead atoms. The zero-order valence-corrected chi connectivity index (χ0v) is 18.2. The number of carbonyl (C=O) groups excluding carboxylic acids is 1. The molecule has 0 saturated carbocycles. The molecule has 3 aromatic rings. The van der Waals surface area contributed by atoms with Gasteiger partial charge in [-0.05, 0) is 46.8 Å². The van der Waals surface area contributed by atoms with Crippen molar-refractivity contribution in [3.63, 3.8) is 0 Å². The summed E-state index contributed by atoms with van der Waals surface area (Å²) in [5, 5.41) is 14.8. The number of thioether (sulfide) groups is 1. The summed E-state index contributed by atoms with van der Waals surface area (Å²) in [7, 11) is -3.53. The first-order valence-corrected chi connectivity index (χ1v) is 11.7. The van der Waals surface area contributed by atoms with Crippen molar-refractivity contribution >= 4 is 33.4 Å². The van der Waals surface area contributed by atoms with E-state index in [1.54, 1.807) is 30.7 Å². The summed E-state index contributed by atoms with van der Waals surface area (Å²) >= 11 is 1.21. The Morgan fingerprint density at radius 1 is 1.07 bits per heavy atom. The van der Waals surface area contributed by atoms with Crippen LogP contribution in [0.2, 0.25) is 0 Å². The molecule has 0 spiro atoms. The highest BCUT2D eigenvalue weighted by atomic mass is 32.2. The fourth-order valence-electron chi connectivity index (χ4n) is 2.75. The molecule has 0 fully saturated rings. The van der Waals surface area contributed by atoms with Gasteiger partial charge in [-0.2, -0.15) is 8.99 Å². The molecule has 0 unspecified atom stereocenters. The Morgan fingerprint density at radius 3 is 2.37 bits per heavy atom. The fourth-order valence-corrected chi connectivity index (χ4v) is 4.90. The van der Waals surface area contributed by atoms with E-state index in [-0.39, 0.29) is 16.6 Å². The summed E-state index contributed by atoms with van der Waals surface area (Å²) in [6.45, 7) is 4.39. The van der Waals surface area contributed by atoms with Gasteiger partial charge in [-0.1, -0.05) is 43.8 Å². The number of anilines is 1. The van der Waals surface area contributed by atoms with Gasteiger partial charge in [0.2, 0.25) is 21.1 Å². The topological polar surface area (TPSA) is 110 Å². The Morgan fingerprint density at radius 2 is 1.73 bits per heavy atom. The van der Waals surface area contributed by atoms with Crippen molar-refractivity contribution in [1.82, 2.24) is 24.5 Å². The van der Waals surface area contributed by atoms with E-state index in [4.69, 9.17) is 0 Å². The van der Waals surface area contributed by atoms with Gasteiger partial charge in [-0.25, -0.2) is 8.42 Å². The second kappa shape index (κ2) is 9.83. The largest absolute Gasteiger partial charge is 0.325 e. The molecule has 0 aliphatic rings. The maximum Gasteiger partial charge on any atom is 0.243 e. The van der Waals surface area contributed by atoms with Crippen molar-refractivity contribution < 1.29 is 13.2 Å². The van der Waals surface area contributed by atoms with Gasteiger partial charge in [0.05, 0.1) is 16.3 Å². The van der Waals surface area contributed by atoms with E-state index in [9.17, 15) is 13.2 Å². The first-order valence-electron chi connectivity index (χ1n) is 9.32. The molecule has 0 radical (unpaired) electrons. The molecular weight excluding hydrogens is 424 g/mol. The second-order valence-electron chi connectivity index (χ2n) is 6.16. The molecule has 1 aromatic heterocycles. The van der Waals surface area contributed by atoms with E-state index in [1.807, 2.05) is 30.3 Å². The smallest absolute Gasteiger partial charge is 0.243 e. The van der Waals surface area contributed by atoms with Crippen LogP contribution in [0.5, 0.6) is 0 Å². The minimum absolute atomic E-state index is 0.104. The first-order chi connectivity index (χ1) is 14.5. The van der Waals surface area contributed by atoms with Gasteiger partial charge in [-0.15, -0.1) is 5.10 Å². The molecule has 158 valence electrons. The fraction of sp³-hybridized carbons (Fsp3) is 0.263. The van der Waals surface area contributed by atoms with E-state index < -0.39 is 10.0 Å². The zero-order valence-electron chi connectivity index (χ0n) is 16.6. The SMILES string of the molecule is CCN(CC)S(=O)(=O)c1ccc(NC(=O)CSc2nnnn2-c2ccccc2)cc1. The average molecular weight is 447 g/mol. The van der Waals surface area contributed by atoms with Crippen molar-refractivity contribution in [2.75, 3.05) is 24.2 Å². The first kappa shape index (κ1) is 21.9. The number of carbonyl (C=O) groups is 1. The maximum absolute atomic E-state index is 12.5. The number of benzene rings is 2. The van der Waals surface area contributed by atoms with Crippen molar-refractivity contribution in [1.29, 1.82) is 0 Å². The molecule has 2 aromatic carbocycles. The summed E-state index contributed by atoms with van der Waals surface area (Å²) < 4.78 is 28.0. The van der Waals surface area contributed by atoms with Crippen LogP contribution in [0, 0.1) is 0 Å². The lowest BCUT2D eigenvalue weighted by molar-refractivity contribution is -0.113. The van der Waals surface area contributed by atoms with Gasteiger partial charge in [0.1, 0.15) is 0 Å². The Bertz CT molecular complexity index is 1080. The highest BCUT2D eigenvalue weighted by molar-refractivity contribution is 7.99. The molecule has 9 nitrogen and oxygen atoms in total. The Balaban J connectivity index is 1.61. The van der Waals surface area contributed by atoms with E-state index in [0.717, 1.165) is 5.69 Å². The van der Waals surface area contributed by atoms with Gasteiger partial charge in [0.25, 0.3) is 0 Å². The minimum atomic E-state index is -3.53. The number of sulfonamides is 1. The predicted octanol–water partition coefficient (Wildman–Crippen LogP) is 2.42. The molecule has 1 heterocycles. The second-order valence-corrected chi connectivity index (χ2v) is 9.04. The number of amides is 1. The van der Waals surface area contributed by atoms with Gasteiger partial charge in [0.15, 0.2) is 0 Å². The molecule has 0 aliphatic carbocycles. The number of nitrogens with zero attached hydrogens (tertiary/aromatic N) is 5. The summed E-state index contributed by atoms with van der Waals surface area (Å²) in [6, 6.07) is 15.5. The van der Waals surface area contributed by atoms with Crippen LogP contribution in [0.15, 0.2) is 64.6 Å². The van der Waals surface area contributed by atoms with Crippen molar-refractivity contribution in [3.05, 3.63) is 54.6 Å². The molecule has 11 heteroatoms. The van der Waals surface area contributed by atoms with Crippen molar-refractivity contribution in [3.8, 4) is 5.69 Å². The Kier molecular flexibility index (Phi) is 7.19. The summed E-state index contributed by atoms with van der Waals surface area (Å²) in [5.41, 5.74) is 1.32. The van der Waals surface area contributed by atoms with Gasteiger partial charge in [0, 0.05) is 18.8 Å². The van der Waals surface area contributed by atoms with Crippen LogP contribution in [0.3, 0.4) is 0 Å². The normalized spacial score (nSPS) is 11.6. The predicted molar refractivity (Wildman–Crippen MR) is 115 cm³/mol. The Hall–Kier alpha value is -2.76. The number of hydrogen-bond donors (Lipinski definition) is 1. The van der Waals surface area contributed by atoms with Crippen LogP contribution in [-0.2, 0) is 14.8 Å². The van der Waals surface area contributed by atoms with Crippen molar-refractivity contribution in [2.45, 2.75) is 23.9 Å². The molecule has 30 heavy (non-hydrogen) atoms. The molecule has 0 atom stereocenters. The quantitative estimate of drug-likeness (QED) is 0.503. The standard InChI is InChI=1S/C19H22N6O3S2/c1-3-24(4-2)30(27,28)17-12-10-15(11-13-17)20-18(26)14-29-19-21-22-23-25(19)16-8-6-5-7-9-16/h5-13H,3-4,14H2,1-2H3,(H,20,26). The lowest BCUT2D eigenvalue weighted by Crippen LogP contribution is -2.30. The van der Waals surface area contributed by atoms with Crippen LogP contribution >= 0.6 is 11.8 Å². The lowest BCUT2D eigenvalue weighted by Gasteiger charge is -2.18. The average Bonchev–Trinajstić information content (AvgIpc) is 3.23. The van der Waals surface area contributed by atoms with E-state index in [2.05, 4.69) is 20.8 Å². The highest BCUT2D eigenvalue weighted by Gasteiger charge is 2.21. The summed E-state index contributed by atoms with van der Waals surface area (Å²) in [6.07, 6.45) is 0. The van der Waals surface area contributed by atoms with E-state index >= 15 is 0 Å². The number of tetrazole rings is 1. The third-order valence-corrected chi connectivity index (χ3v) is 7.24. The number of hydrogen-bond acceptors (Lipinski definition) is 7. The zero-order chi connectivity index (χ0) is 21.6. The van der Waals surface area contributed by atoms with Gasteiger partial charge >= 0.3 is 0 Å². The van der Waals surface area contributed by atoms with Crippen molar-refractivity contribution in [2.24, 2.45) is 0 Å². The highest BCUT2D eigenvalue weighted by Crippen LogP contribution is 2.20. The number of aromatic nitrogens is 4. The van der Waals surface area contributed by atoms with Crippen LogP contribution in [0.4, 0.5) is 5.69 Å². The molecule has 1 amide bonds. The third-order valence-electron chi connectivity index (χ3n) is 4.26. The van der Waals surface area contributed by atoms with E-state index in [1.165, 1.54) is 28.2 Å². The third kappa shape index (κ3) is 5.04. The molecule has 1 N–H and O–H groups in total. The Labute approximate surface area is 179 Å². The summed E-state index contributed by atoms with van der Waals surface area (Å²) in [5.74, 6) is -0.144. The van der Waals surface area contributed by atoms with Gasteiger partial charge in [-0.3, -0.25) is 4.79 Å². The molecule has 0 aliphatic heterocycles. The number of nitrogens with one attached hydrogen (secondary N) is 1. The van der Waals surface area contributed by atoms with E-state index in [0.29, 0.717) is 23.9 Å². The molecule has 3 rings (SSSR count). The maximum atomic E-state index is 12.5. The van der Waals surface area contributed by atoms with Crippen LogP contribution in [0.25, 0.3) is 5.69 Å². The number of rotatable bonds is 9. The lowest BCUT2D eigenvalue weighted by atomic mass is 10.3. The summed E-state index contributed by atoms with van der Waals surface area (Å²) in [4.78, 5) is 12.5. The number of para-hydroxylation sites is 1. The monoisotopic (exact) mass is 446 g/mol. The van der Waals surface area contributed by atoms with Crippen LogP contribution in [-0.4, -0.2) is 57.7 Å². The van der Waals surface area contributed by atoms with Gasteiger partial charge < -0.3 is 5.32 Å². The molecular formula is C19H22N6O3S2. The molecule has 0 saturated heterocycles. The minimum Gasteiger partial charge on any atom is -0.325 e.